The standard InChI is InChI=1S/C29H24O4S3/c1-3-4-6-9-18(2)28-20(16-26(30)31)14-24(35-28)22-12-13-23(34-22)25-15-21(17-27(32)33)29(36-25)19-10-7-5-8-11-19/h3-15H,2,16-17H2,1H3,(H,30,31)(H,32,33)/b4-3-,9-6-. The van der Waals surface area contributed by atoms with Gasteiger partial charge in [-0.2, -0.15) is 0 Å². The average molecular weight is 533 g/mol. The summed E-state index contributed by atoms with van der Waals surface area (Å²) in [6, 6.07) is 17.8. The summed E-state index contributed by atoms with van der Waals surface area (Å²) in [5.74, 6) is -1.74. The van der Waals surface area contributed by atoms with Crippen molar-refractivity contribution < 1.29 is 19.8 Å². The first-order valence-electron chi connectivity index (χ1n) is 11.2. The first-order chi connectivity index (χ1) is 17.4. The van der Waals surface area contributed by atoms with Crippen LogP contribution in [-0.4, -0.2) is 22.2 Å². The van der Waals surface area contributed by atoms with Crippen LogP contribution >= 0.6 is 34.0 Å². The van der Waals surface area contributed by atoms with Crippen molar-refractivity contribution in [2.75, 3.05) is 0 Å². The van der Waals surface area contributed by atoms with E-state index in [0.29, 0.717) is 0 Å². The van der Waals surface area contributed by atoms with Gasteiger partial charge in [0.2, 0.25) is 0 Å². The molecule has 7 heteroatoms. The Kier molecular flexibility index (Phi) is 8.15. The number of aliphatic carboxylic acids is 2. The second kappa shape index (κ2) is 11.5. The lowest BCUT2D eigenvalue weighted by Gasteiger charge is -2.00. The quantitative estimate of drug-likeness (QED) is 0.202. The molecule has 182 valence electrons. The fraction of sp³-hybridized carbons (Fsp3) is 0.103. The molecular formula is C29H24O4S3. The largest absolute Gasteiger partial charge is 0.481 e. The normalized spacial score (nSPS) is 11.5. The SMILES string of the molecule is C=C(/C=C\C=C/C)c1sc(-c2ccc(-c3cc(CC(=O)O)c(-c4ccccc4)s3)s2)cc1CC(=O)O. The van der Waals surface area contributed by atoms with Crippen molar-refractivity contribution >= 4 is 51.5 Å². The van der Waals surface area contributed by atoms with Crippen LogP contribution in [0.15, 0.2) is 85.5 Å². The van der Waals surface area contributed by atoms with Crippen LogP contribution in [0.2, 0.25) is 0 Å². The van der Waals surface area contributed by atoms with Gasteiger partial charge in [-0.3, -0.25) is 9.59 Å². The Morgan fingerprint density at radius 2 is 1.42 bits per heavy atom. The van der Waals surface area contributed by atoms with Gasteiger partial charge < -0.3 is 10.2 Å². The Hall–Kier alpha value is -3.52. The van der Waals surface area contributed by atoms with Crippen LogP contribution < -0.4 is 0 Å². The van der Waals surface area contributed by atoms with Crippen molar-refractivity contribution in [1.82, 2.24) is 0 Å². The van der Waals surface area contributed by atoms with Crippen LogP contribution in [0.3, 0.4) is 0 Å². The number of hydrogen-bond acceptors (Lipinski definition) is 5. The molecule has 2 N–H and O–H groups in total. The van der Waals surface area contributed by atoms with Gasteiger partial charge in [0.15, 0.2) is 0 Å². The minimum absolute atomic E-state index is 0.0331. The Morgan fingerprint density at radius 3 is 2.06 bits per heavy atom. The van der Waals surface area contributed by atoms with Gasteiger partial charge in [0.25, 0.3) is 0 Å². The number of thiophene rings is 3. The highest BCUT2D eigenvalue weighted by Gasteiger charge is 2.18. The number of carbonyl (C=O) groups is 2. The summed E-state index contributed by atoms with van der Waals surface area (Å²) < 4.78 is 0. The van der Waals surface area contributed by atoms with Crippen LogP contribution in [0.25, 0.3) is 35.5 Å². The second-order valence-electron chi connectivity index (χ2n) is 8.01. The molecule has 0 saturated heterocycles. The van der Waals surface area contributed by atoms with Crippen molar-refractivity contribution in [3.63, 3.8) is 0 Å². The molecule has 0 aliphatic heterocycles. The maximum Gasteiger partial charge on any atom is 0.307 e. The predicted molar refractivity (Wildman–Crippen MR) is 152 cm³/mol. The summed E-state index contributed by atoms with van der Waals surface area (Å²) in [7, 11) is 0. The highest BCUT2D eigenvalue weighted by Crippen LogP contribution is 2.45. The van der Waals surface area contributed by atoms with Gasteiger partial charge in [0.05, 0.1) is 12.8 Å². The number of carboxylic acid groups (broad SMARTS) is 2. The van der Waals surface area contributed by atoms with Crippen molar-refractivity contribution in [1.29, 1.82) is 0 Å². The highest BCUT2D eigenvalue weighted by molar-refractivity contribution is 7.27. The maximum absolute atomic E-state index is 11.5. The smallest absolute Gasteiger partial charge is 0.307 e. The molecule has 0 fully saturated rings. The van der Waals surface area contributed by atoms with Crippen LogP contribution in [0.4, 0.5) is 0 Å². The number of hydrogen-bond donors (Lipinski definition) is 2. The van der Waals surface area contributed by atoms with Crippen molar-refractivity contribution in [3.8, 4) is 29.9 Å². The summed E-state index contributed by atoms with van der Waals surface area (Å²) >= 11 is 4.75. The van der Waals surface area contributed by atoms with E-state index < -0.39 is 11.9 Å². The summed E-state index contributed by atoms with van der Waals surface area (Å²) in [6.07, 6.45) is 7.52. The van der Waals surface area contributed by atoms with E-state index in [2.05, 4.69) is 6.58 Å². The summed E-state index contributed by atoms with van der Waals surface area (Å²) in [5, 5.41) is 18.8. The van der Waals surface area contributed by atoms with Crippen LogP contribution in [-0.2, 0) is 22.4 Å². The van der Waals surface area contributed by atoms with Crippen LogP contribution in [0.1, 0.15) is 22.9 Å². The molecule has 0 bridgehead atoms. The van der Waals surface area contributed by atoms with Gasteiger partial charge in [-0.05, 0) is 53.5 Å². The minimum Gasteiger partial charge on any atom is -0.481 e. The number of allylic oxidation sites excluding steroid dienone is 5. The Morgan fingerprint density at radius 1 is 0.806 bits per heavy atom. The molecular weight excluding hydrogens is 509 g/mol. The minimum atomic E-state index is -0.879. The third-order valence-electron chi connectivity index (χ3n) is 5.32. The fourth-order valence-corrected chi connectivity index (χ4v) is 7.24. The third-order valence-corrected chi connectivity index (χ3v) is 9.28. The summed E-state index contributed by atoms with van der Waals surface area (Å²) in [6.45, 7) is 6.08. The van der Waals surface area contributed by atoms with Gasteiger partial charge in [0, 0.05) is 29.3 Å². The van der Waals surface area contributed by atoms with E-state index in [-0.39, 0.29) is 12.8 Å². The van der Waals surface area contributed by atoms with Gasteiger partial charge in [-0.1, -0.05) is 61.2 Å². The molecule has 0 atom stereocenters. The monoisotopic (exact) mass is 532 g/mol. The number of benzene rings is 1. The van der Waals surface area contributed by atoms with Crippen molar-refractivity contribution in [3.05, 3.63) is 101 Å². The summed E-state index contributed by atoms with van der Waals surface area (Å²) in [5.41, 5.74) is 3.34. The lowest BCUT2D eigenvalue weighted by Crippen LogP contribution is -2.00. The molecule has 0 radical (unpaired) electrons. The Bertz CT molecular complexity index is 1470. The molecule has 4 rings (SSSR count). The Labute approximate surface area is 221 Å². The second-order valence-corrected chi connectivity index (χ2v) is 11.2. The van der Waals surface area contributed by atoms with Crippen LogP contribution in [0, 0.1) is 0 Å². The zero-order valence-corrected chi connectivity index (χ0v) is 22.0. The van der Waals surface area contributed by atoms with Gasteiger partial charge in [-0.25, -0.2) is 0 Å². The maximum atomic E-state index is 11.5. The van der Waals surface area contributed by atoms with Gasteiger partial charge >= 0.3 is 11.9 Å². The molecule has 1 aromatic carbocycles. The van der Waals surface area contributed by atoms with E-state index in [1.54, 1.807) is 34.0 Å². The molecule has 3 heterocycles. The molecule has 0 aliphatic rings. The van der Waals surface area contributed by atoms with E-state index in [1.807, 2.05) is 85.8 Å². The van der Waals surface area contributed by atoms with E-state index in [4.69, 9.17) is 0 Å². The first-order valence-corrected chi connectivity index (χ1v) is 13.6. The molecule has 3 aromatic heterocycles. The summed E-state index contributed by atoms with van der Waals surface area (Å²) in [4.78, 5) is 28.9. The highest BCUT2D eigenvalue weighted by atomic mass is 32.1. The molecule has 4 nitrogen and oxygen atoms in total. The van der Waals surface area contributed by atoms with E-state index >= 15 is 0 Å². The molecule has 0 amide bonds. The zero-order chi connectivity index (χ0) is 25.7. The van der Waals surface area contributed by atoms with E-state index in [1.165, 1.54) is 0 Å². The lowest BCUT2D eigenvalue weighted by atomic mass is 10.1. The van der Waals surface area contributed by atoms with Crippen molar-refractivity contribution in [2.24, 2.45) is 0 Å². The molecule has 0 saturated carbocycles. The molecule has 36 heavy (non-hydrogen) atoms. The van der Waals surface area contributed by atoms with E-state index in [0.717, 1.165) is 51.5 Å². The zero-order valence-electron chi connectivity index (χ0n) is 19.6. The van der Waals surface area contributed by atoms with Gasteiger partial charge in [0.1, 0.15) is 0 Å². The van der Waals surface area contributed by atoms with Gasteiger partial charge in [-0.15, -0.1) is 34.0 Å². The molecule has 4 aromatic rings. The predicted octanol–water partition coefficient (Wildman–Crippen LogP) is 8.27. The van der Waals surface area contributed by atoms with E-state index in [9.17, 15) is 19.8 Å². The number of carboxylic acids is 2. The molecule has 0 unspecified atom stereocenters. The fourth-order valence-electron chi connectivity index (χ4n) is 3.76. The number of rotatable bonds is 10. The topological polar surface area (TPSA) is 74.6 Å². The average Bonchev–Trinajstić information content (AvgIpc) is 3.57. The Balaban J connectivity index is 1.70. The lowest BCUT2D eigenvalue weighted by molar-refractivity contribution is -0.137. The molecule has 0 spiro atoms. The van der Waals surface area contributed by atoms with Crippen molar-refractivity contribution in [2.45, 2.75) is 19.8 Å². The first kappa shape index (κ1) is 25.6. The van der Waals surface area contributed by atoms with Crippen LogP contribution in [0.5, 0.6) is 0 Å². The third kappa shape index (κ3) is 5.99. The molecule has 0 aliphatic carbocycles.